The van der Waals surface area contributed by atoms with Gasteiger partial charge in [0.15, 0.2) is 0 Å². The molecule has 1 aliphatic rings. The maximum Gasteiger partial charge on any atom is 0.133 e. The van der Waals surface area contributed by atoms with Gasteiger partial charge in [0.1, 0.15) is 5.75 Å². The Bertz CT molecular complexity index is 450. The first-order chi connectivity index (χ1) is 10.2. The molecule has 0 aliphatic carbocycles. The van der Waals surface area contributed by atoms with Crippen molar-refractivity contribution in [3.63, 3.8) is 0 Å². The van der Waals surface area contributed by atoms with E-state index >= 15 is 0 Å². The van der Waals surface area contributed by atoms with Gasteiger partial charge in [0.2, 0.25) is 0 Å². The van der Waals surface area contributed by atoms with Crippen LogP contribution in [0.15, 0.2) is 22.7 Å². The highest BCUT2D eigenvalue weighted by Crippen LogP contribution is 2.30. The zero-order chi connectivity index (χ0) is 15.2. The fourth-order valence-corrected chi connectivity index (χ4v) is 3.42. The second-order valence-corrected chi connectivity index (χ2v) is 6.43. The summed E-state index contributed by atoms with van der Waals surface area (Å²) in [6.07, 6.45) is 3.93. The highest BCUT2D eigenvalue weighted by Gasteiger charge is 2.22. The third-order valence-electron chi connectivity index (χ3n) is 4.08. The minimum absolute atomic E-state index is 0.192. The molecule has 21 heavy (non-hydrogen) atoms. The van der Waals surface area contributed by atoms with Gasteiger partial charge in [0.05, 0.1) is 17.7 Å². The summed E-state index contributed by atoms with van der Waals surface area (Å²) in [5.41, 5.74) is 7.20. The van der Waals surface area contributed by atoms with Crippen LogP contribution in [-0.2, 0) is 4.74 Å². The molecule has 1 aromatic carbocycles. The van der Waals surface area contributed by atoms with Crippen molar-refractivity contribution in [2.45, 2.75) is 31.4 Å². The van der Waals surface area contributed by atoms with Crippen molar-refractivity contribution >= 4 is 15.9 Å². The second-order valence-electron chi connectivity index (χ2n) is 5.57. The third kappa shape index (κ3) is 4.42. The van der Waals surface area contributed by atoms with Crippen molar-refractivity contribution in [1.82, 2.24) is 4.90 Å². The molecule has 2 rings (SSSR count). The number of halogens is 1. The Morgan fingerprint density at radius 2 is 2.29 bits per heavy atom. The number of nitrogens with zero attached hydrogens (tertiary/aromatic N) is 1. The number of likely N-dealkylation sites (N-methyl/N-ethyl adjacent to an activating group) is 1. The molecular weight excluding hydrogens is 332 g/mol. The lowest BCUT2D eigenvalue weighted by Gasteiger charge is -2.32. The highest BCUT2D eigenvalue weighted by atomic mass is 79.9. The van der Waals surface area contributed by atoms with Crippen LogP contribution >= 0.6 is 15.9 Å². The minimum atomic E-state index is 0.192. The highest BCUT2D eigenvalue weighted by molar-refractivity contribution is 9.10. The van der Waals surface area contributed by atoms with Gasteiger partial charge in [-0.25, -0.2) is 0 Å². The Kier molecular flexibility index (Phi) is 6.48. The number of hydrogen-bond acceptors (Lipinski definition) is 4. The van der Waals surface area contributed by atoms with Crippen molar-refractivity contribution in [1.29, 1.82) is 0 Å². The van der Waals surface area contributed by atoms with Crippen LogP contribution in [0, 0.1) is 0 Å². The molecule has 2 N–H and O–H groups in total. The molecule has 0 bridgehead atoms. The lowest BCUT2D eigenvalue weighted by atomic mass is 10.0. The molecule has 1 heterocycles. The molecule has 0 radical (unpaired) electrons. The van der Waals surface area contributed by atoms with Gasteiger partial charge in [-0.1, -0.05) is 6.07 Å². The predicted molar refractivity (Wildman–Crippen MR) is 88.7 cm³/mol. The van der Waals surface area contributed by atoms with Gasteiger partial charge in [-0.3, -0.25) is 4.90 Å². The standard InChI is InChI=1S/C16H25BrN2O2/c1-19(11-13-5-3-4-8-21-13)15(10-18)12-6-7-16(20-2)14(17)9-12/h6-7,9,13,15H,3-5,8,10-11,18H2,1-2H3. The van der Waals surface area contributed by atoms with Crippen LogP contribution in [0.2, 0.25) is 0 Å². The fourth-order valence-electron chi connectivity index (χ4n) is 2.86. The zero-order valence-corrected chi connectivity index (χ0v) is 14.4. The van der Waals surface area contributed by atoms with Crippen LogP contribution < -0.4 is 10.5 Å². The molecular formula is C16H25BrN2O2. The first-order valence-corrected chi connectivity index (χ1v) is 8.30. The predicted octanol–water partition coefficient (Wildman–Crippen LogP) is 2.96. The quantitative estimate of drug-likeness (QED) is 0.851. The number of benzene rings is 1. The Hall–Kier alpha value is -0.620. The monoisotopic (exact) mass is 356 g/mol. The number of methoxy groups -OCH3 is 1. The molecule has 2 atom stereocenters. The topological polar surface area (TPSA) is 47.7 Å². The first kappa shape index (κ1) is 16.7. The van der Waals surface area contributed by atoms with Gasteiger partial charge in [-0.15, -0.1) is 0 Å². The van der Waals surface area contributed by atoms with Crippen molar-refractivity contribution in [3.05, 3.63) is 28.2 Å². The van der Waals surface area contributed by atoms with Crippen LogP contribution in [0.1, 0.15) is 30.9 Å². The summed E-state index contributed by atoms with van der Waals surface area (Å²) in [5, 5.41) is 0. The molecule has 0 amide bonds. The van der Waals surface area contributed by atoms with Crippen LogP contribution in [0.3, 0.4) is 0 Å². The van der Waals surface area contributed by atoms with Crippen molar-refractivity contribution < 1.29 is 9.47 Å². The molecule has 4 nitrogen and oxygen atoms in total. The Balaban J connectivity index is 2.05. The molecule has 1 saturated heterocycles. The molecule has 0 saturated carbocycles. The van der Waals surface area contributed by atoms with Crippen molar-refractivity contribution in [3.8, 4) is 5.75 Å². The second kappa shape index (κ2) is 8.13. The summed E-state index contributed by atoms with van der Waals surface area (Å²) < 4.78 is 12.1. The van der Waals surface area contributed by atoms with E-state index in [2.05, 4.69) is 40.0 Å². The summed E-state index contributed by atoms with van der Waals surface area (Å²) in [4.78, 5) is 2.30. The number of nitrogens with two attached hydrogens (primary N) is 1. The molecule has 118 valence electrons. The summed E-state index contributed by atoms with van der Waals surface area (Å²) in [7, 11) is 3.79. The van der Waals surface area contributed by atoms with E-state index in [1.54, 1.807) is 7.11 Å². The van der Waals surface area contributed by atoms with E-state index in [1.165, 1.54) is 18.4 Å². The van der Waals surface area contributed by atoms with Gasteiger partial charge < -0.3 is 15.2 Å². The zero-order valence-electron chi connectivity index (χ0n) is 12.8. The smallest absolute Gasteiger partial charge is 0.133 e. The van der Waals surface area contributed by atoms with Gasteiger partial charge in [-0.2, -0.15) is 0 Å². The van der Waals surface area contributed by atoms with Gasteiger partial charge >= 0.3 is 0 Å². The molecule has 1 fully saturated rings. The SMILES string of the molecule is COc1ccc(C(CN)N(C)CC2CCCCO2)cc1Br. The van der Waals surface area contributed by atoms with Crippen molar-refractivity contribution in [2.24, 2.45) is 5.73 Å². The normalized spacial score (nSPS) is 20.5. The summed E-state index contributed by atoms with van der Waals surface area (Å²) >= 11 is 3.54. The molecule has 1 aliphatic heterocycles. The van der Waals surface area contributed by atoms with Crippen LogP contribution in [0.25, 0.3) is 0 Å². The first-order valence-electron chi connectivity index (χ1n) is 7.51. The summed E-state index contributed by atoms with van der Waals surface area (Å²) in [6.45, 7) is 2.40. The average Bonchev–Trinajstić information content (AvgIpc) is 2.49. The Labute approximate surface area is 135 Å². The van der Waals surface area contributed by atoms with Gasteiger partial charge in [-0.05, 0) is 59.9 Å². The van der Waals surface area contributed by atoms with E-state index in [-0.39, 0.29) is 6.04 Å². The van der Waals surface area contributed by atoms with E-state index < -0.39 is 0 Å². The van der Waals surface area contributed by atoms with Crippen LogP contribution in [0.5, 0.6) is 5.75 Å². The maximum absolute atomic E-state index is 6.00. The van der Waals surface area contributed by atoms with Gasteiger partial charge in [0, 0.05) is 25.7 Å². The minimum Gasteiger partial charge on any atom is -0.496 e. The Morgan fingerprint density at radius 1 is 1.48 bits per heavy atom. The number of hydrogen-bond donors (Lipinski definition) is 1. The average molecular weight is 357 g/mol. The van der Waals surface area contributed by atoms with E-state index in [1.807, 2.05) is 6.07 Å². The number of rotatable bonds is 6. The lowest BCUT2D eigenvalue weighted by molar-refractivity contribution is -0.00778. The van der Waals surface area contributed by atoms with E-state index in [9.17, 15) is 0 Å². The molecule has 0 spiro atoms. The fraction of sp³-hybridized carbons (Fsp3) is 0.625. The summed E-state index contributed by atoms with van der Waals surface area (Å²) in [5.74, 6) is 0.841. The summed E-state index contributed by atoms with van der Waals surface area (Å²) in [6, 6.07) is 6.35. The molecule has 1 aromatic rings. The maximum atomic E-state index is 6.00. The molecule has 5 heteroatoms. The molecule has 2 unspecified atom stereocenters. The lowest BCUT2D eigenvalue weighted by Crippen LogP contribution is -2.38. The van der Waals surface area contributed by atoms with E-state index in [0.717, 1.165) is 29.8 Å². The van der Waals surface area contributed by atoms with E-state index in [0.29, 0.717) is 12.6 Å². The van der Waals surface area contributed by atoms with Gasteiger partial charge in [0.25, 0.3) is 0 Å². The van der Waals surface area contributed by atoms with Crippen LogP contribution in [-0.4, -0.2) is 44.9 Å². The van der Waals surface area contributed by atoms with Crippen molar-refractivity contribution in [2.75, 3.05) is 33.9 Å². The number of ether oxygens (including phenoxy) is 2. The molecule has 0 aromatic heterocycles. The largest absolute Gasteiger partial charge is 0.496 e. The third-order valence-corrected chi connectivity index (χ3v) is 4.70. The Morgan fingerprint density at radius 3 is 2.86 bits per heavy atom. The van der Waals surface area contributed by atoms with E-state index in [4.69, 9.17) is 15.2 Å². The van der Waals surface area contributed by atoms with Crippen LogP contribution in [0.4, 0.5) is 0 Å².